The highest BCUT2D eigenvalue weighted by molar-refractivity contribution is 5.94. The summed E-state index contributed by atoms with van der Waals surface area (Å²) in [6, 6.07) is 4.35. The van der Waals surface area contributed by atoms with Gasteiger partial charge in [0.05, 0.1) is 6.10 Å². The molecule has 0 aliphatic carbocycles. The predicted molar refractivity (Wildman–Crippen MR) is 62.3 cm³/mol. The summed E-state index contributed by atoms with van der Waals surface area (Å²) < 4.78 is 13.1. The first-order valence-electron chi connectivity index (χ1n) is 5.81. The van der Waals surface area contributed by atoms with E-state index in [1.165, 1.54) is 12.1 Å². The molecule has 1 atom stereocenters. The molecule has 0 aromatic heterocycles. The lowest BCUT2D eigenvalue weighted by atomic mass is 10.1. The molecule has 1 saturated heterocycles. The molecule has 0 radical (unpaired) electrons. The van der Waals surface area contributed by atoms with Crippen LogP contribution in [0.2, 0.25) is 0 Å². The van der Waals surface area contributed by atoms with E-state index in [0.29, 0.717) is 24.2 Å². The second-order valence-corrected chi connectivity index (χ2v) is 4.51. The maximum absolute atomic E-state index is 13.1. The zero-order valence-corrected chi connectivity index (χ0v) is 9.82. The van der Waals surface area contributed by atoms with E-state index < -0.39 is 6.10 Å². The van der Waals surface area contributed by atoms with Gasteiger partial charge < -0.3 is 10.0 Å². The molecular weight excluding hydrogens is 221 g/mol. The summed E-state index contributed by atoms with van der Waals surface area (Å²) in [6.45, 7) is 2.67. The lowest BCUT2D eigenvalue weighted by Crippen LogP contribution is -2.42. The SMILES string of the molecule is Cc1cc(C(=O)N2CCC[C@H](O)C2)ccc1F. The Kier molecular flexibility index (Phi) is 3.43. The Balaban J connectivity index is 2.15. The Morgan fingerprint density at radius 3 is 2.94 bits per heavy atom. The number of carbonyl (C=O) groups excluding carboxylic acids is 1. The largest absolute Gasteiger partial charge is 0.391 e. The van der Waals surface area contributed by atoms with E-state index in [1.807, 2.05) is 0 Å². The fraction of sp³-hybridized carbons (Fsp3) is 0.462. The average Bonchev–Trinajstić information content (AvgIpc) is 2.32. The van der Waals surface area contributed by atoms with Gasteiger partial charge in [0.1, 0.15) is 5.82 Å². The van der Waals surface area contributed by atoms with Gasteiger partial charge in [-0.15, -0.1) is 0 Å². The van der Waals surface area contributed by atoms with Gasteiger partial charge in [0.25, 0.3) is 5.91 Å². The van der Waals surface area contributed by atoms with Crippen molar-refractivity contribution in [1.29, 1.82) is 0 Å². The Bertz CT molecular complexity index is 433. The van der Waals surface area contributed by atoms with Gasteiger partial charge in [0.15, 0.2) is 0 Å². The smallest absolute Gasteiger partial charge is 0.253 e. The Labute approximate surface area is 99.9 Å². The number of likely N-dealkylation sites (tertiary alicyclic amines) is 1. The van der Waals surface area contributed by atoms with Gasteiger partial charge in [-0.3, -0.25) is 4.79 Å². The normalized spacial score (nSPS) is 20.4. The predicted octanol–water partition coefficient (Wildman–Crippen LogP) is 1.73. The Hall–Kier alpha value is -1.42. The minimum atomic E-state index is -0.436. The molecule has 1 amide bonds. The molecule has 1 aromatic rings. The van der Waals surface area contributed by atoms with E-state index in [9.17, 15) is 14.3 Å². The summed E-state index contributed by atoms with van der Waals surface area (Å²) in [7, 11) is 0. The number of benzene rings is 1. The number of aryl methyl sites for hydroxylation is 1. The van der Waals surface area contributed by atoms with Crippen LogP contribution in [0.25, 0.3) is 0 Å². The number of rotatable bonds is 1. The number of β-amino-alcohol motifs (C(OH)–C–C–N with tert-alkyl or cyclic N) is 1. The first-order valence-corrected chi connectivity index (χ1v) is 5.81. The van der Waals surface area contributed by atoms with Crippen LogP contribution in [0.5, 0.6) is 0 Å². The highest BCUT2D eigenvalue weighted by Gasteiger charge is 2.23. The van der Waals surface area contributed by atoms with Crippen LogP contribution in [-0.4, -0.2) is 35.1 Å². The zero-order valence-electron chi connectivity index (χ0n) is 9.82. The second-order valence-electron chi connectivity index (χ2n) is 4.51. The topological polar surface area (TPSA) is 40.5 Å². The van der Waals surface area contributed by atoms with Gasteiger partial charge in [-0.1, -0.05) is 0 Å². The van der Waals surface area contributed by atoms with E-state index in [4.69, 9.17) is 0 Å². The third-order valence-corrected chi connectivity index (χ3v) is 3.09. The molecule has 1 aromatic carbocycles. The Morgan fingerprint density at radius 1 is 1.53 bits per heavy atom. The fourth-order valence-electron chi connectivity index (χ4n) is 2.10. The molecule has 0 spiro atoms. The Morgan fingerprint density at radius 2 is 2.29 bits per heavy atom. The van der Waals surface area contributed by atoms with Crippen LogP contribution in [0, 0.1) is 12.7 Å². The summed E-state index contributed by atoms with van der Waals surface area (Å²) in [5, 5.41) is 9.52. The van der Waals surface area contributed by atoms with E-state index >= 15 is 0 Å². The van der Waals surface area contributed by atoms with Crippen molar-refractivity contribution < 1.29 is 14.3 Å². The lowest BCUT2D eigenvalue weighted by molar-refractivity contribution is 0.0473. The van der Waals surface area contributed by atoms with E-state index in [-0.39, 0.29) is 11.7 Å². The molecule has 2 rings (SSSR count). The number of hydrogen-bond donors (Lipinski definition) is 1. The monoisotopic (exact) mass is 237 g/mol. The number of hydrogen-bond acceptors (Lipinski definition) is 2. The molecule has 1 fully saturated rings. The zero-order chi connectivity index (χ0) is 12.4. The van der Waals surface area contributed by atoms with Crippen molar-refractivity contribution in [3.05, 3.63) is 35.1 Å². The van der Waals surface area contributed by atoms with Crippen molar-refractivity contribution in [2.75, 3.05) is 13.1 Å². The number of nitrogens with zero attached hydrogens (tertiary/aromatic N) is 1. The quantitative estimate of drug-likeness (QED) is 0.808. The summed E-state index contributed by atoms with van der Waals surface area (Å²) in [6.07, 6.45) is 1.12. The number of halogens is 1. The maximum atomic E-state index is 13.1. The van der Waals surface area contributed by atoms with Gasteiger partial charge in [-0.2, -0.15) is 0 Å². The van der Waals surface area contributed by atoms with E-state index in [1.54, 1.807) is 17.9 Å². The molecule has 3 nitrogen and oxygen atoms in total. The average molecular weight is 237 g/mol. The second kappa shape index (κ2) is 4.84. The minimum Gasteiger partial charge on any atom is -0.391 e. The van der Waals surface area contributed by atoms with Crippen molar-refractivity contribution in [2.45, 2.75) is 25.9 Å². The molecule has 1 N–H and O–H groups in total. The van der Waals surface area contributed by atoms with Crippen LogP contribution in [0.4, 0.5) is 4.39 Å². The maximum Gasteiger partial charge on any atom is 0.253 e. The third kappa shape index (κ3) is 2.64. The van der Waals surface area contributed by atoms with Crippen molar-refractivity contribution in [3.8, 4) is 0 Å². The van der Waals surface area contributed by atoms with Crippen molar-refractivity contribution >= 4 is 5.91 Å². The van der Waals surface area contributed by atoms with Crippen LogP contribution in [0.3, 0.4) is 0 Å². The molecular formula is C13H16FNO2. The molecule has 0 unspecified atom stereocenters. The van der Waals surface area contributed by atoms with Crippen LogP contribution >= 0.6 is 0 Å². The van der Waals surface area contributed by atoms with Gasteiger partial charge in [0, 0.05) is 18.7 Å². The van der Waals surface area contributed by atoms with Crippen molar-refractivity contribution in [2.24, 2.45) is 0 Å². The molecule has 92 valence electrons. The molecule has 0 saturated carbocycles. The highest BCUT2D eigenvalue weighted by atomic mass is 19.1. The number of carbonyl (C=O) groups is 1. The van der Waals surface area contributed by atoms with Crippen LogP contribution < -0.4 is 0 Å². The third-order valence-electron chi connectivity index (χ3n) is 3.09. The van der Waals surface area contributed by atoms with E-state index in [0.717, 1.165) is 12.8 Å². The number of aliphatic hydroxyl groups is 1. The summed E-state index contributed by atoms with van der Waals surface area (Å²) in [4.78, 5) is 13.7. The summed E-state index contributed by atoms with van der Waals surface area (Å²) in [5.74, 6) is -0.438. The summed E-state index contributed by atoms with van der Waals surface area (Å²) in [5.41, 5.74) is 0.950. The molecule has 1 heterocycles. The molecule has 0 bridgehead atoms. The van der Waals surface area contributed by atoms with Crippen LogP contribution in [-0.2, 0) is 0 Å². The molecule has 1 aliphatic heterocycles. The minimum absolute atomic E-state index is 0.133. The van der Waals surface area contributed by atoms with E-state index in [2.05, 4.69) is 0 Å². The van der Waals surface area contributed by atoms with Gasteiger partial charge >= 0.3 is 0 Å². The van der Waals surface area contributed by atoms with Crippen LogP contribution in [0.1, 0.15) is 28.8 Å². The number of amides is 1. The van der Waals surface area contributed by atoms with Gasteiger partial charge in [-0.25, -0.2) is 4.39 Å². The molecule has 17 heavy (non-hydrogen) atoms. The summed E-state index contributed by atoms with van der Waals surface area (Å²) >= 11 is 0. The first kappa shape index (κ1) is 12.0. The van der Waals surface area contributed by atoms with Gasteiger partial charge in [-0.05, 0) is 43.5 Å². The fourth-order valence-corrected chi connectivity index (χ4v) is 2.10. The number of aliphatic hydroxyl groups excluding tert-OH is 1. The molecule has 4 heteroatoms. The highest BCUT2D eigenvalue weighted by Crippen LogP contribution is 2.15. The van der Waals surface area contributed by atoms with Crippen molar-refractivity contribution in [1.82, 2.24) is 4.90 Å². The standard InChI is InChI=1S/C13H16FNO2/c1-9-7-10(4-5-12(9)14)13(17)15-6-2-3-11(16)8-15/h4-5,7,11,16H,2-3,6,8H2,1H3/t11-/m0/s1. The first-order chi connectivity index (χ1) is 8.08. The molecule has 1 aliphatic rings. The number of piperidine rings is 1. The van der Waals surface area contributed by atoms with Crippen LogP contribution in [0.15, 0.2) is 18.2 Å². The van der Waals surface area contributed by atoms with Gasteiger partial charge in [0.2, 0.25) is 0 Å². The van der Waals surface area contributed by atoms with Crippen molar-refractivity contribution in [3.63, 3.8) is 0 Å². The lowest BCUT2D eigenvalue weighted by Gasteiger charge is -2.30.